The van der Waals surface area contributed by atoms with E-state index in [1.165, 1.54) is 0 Å². The van der Waals surface area contributed by atoms with E-state index >= 15 is 0 Å². The molecule has 0 radical (unpaired) electrons. The van der Waals surface area contributed by atoms with Crippen LogP contribution in [-0.4, -0.2) is 52.4 Å². The first kappa shape index (κ1) is 29.0. The zero-order valence-corrected chi connectivity index (χ0v) is 23.6. The first-order valence-electron chi connectivity index (χ1n) is 13.8. The fourth-order valence-corrected chi connectivity index (χ4v) is 4.85. The molecule has 3 rings (SSSR count). The standard InChI is InChI=1S/C32H43N3O3/c1-6-19-34(32(37)30(8-3)27-15-10-9-11-16-27)24-31(36)35(25(4)7-2)23-28-17-13-20-33(28)22-26-14-12-18-29(21-26)38-5/h9-18,20-21,25,30H,6-8,19,22-24H2,1-5H3. The smallest absolute Gasteiger partial charge is 0.242 e. The van der Waals surface area contributed by atoms with Crippen molar-refractivity contribution in [1.29, 1.82) is 0 Å². The summed E-state index contributed by atoms with van der Waals surface area (Å²) in [4.78, 5) is 31.1. The molecule has 0 aliphatic carbocycles. The molecule has 204 valence electrons. The van der Waals surface area contributed by atoms with Gasteiger partial charge in [-0.25, -0.2) is 0 Å². The number of aromatic nitrogens is 1. The molecule has 2 atom stereocenters. The van der Waals surface area contributed by atoms with Crippen LogP contribution >= 0.6 is 0 Å². The van der Waals surface area contributed by atoms with Crippen molar-refractivity contribution < 1.29 is 14.3 Å². The van der Waals surface area contributed by atoms with Crippen molar-refractivity contribution in [3.05, 3.63) is 89.7 Å². The van der Waals surface area contributed by atoms with E-state index in [1.54, 1.807) is 12.0 Å². The highest BCUT2D eigenvalue weighted by atomic mass is 16.5. The van der Waals surface area contributed by atoms with Crippen LogP contribution in [0.5, 0.6) is 5.75 Å². The van der Waals surface area contributed by atoms with Crippen LogP contribution in [-0.2, 0) is 22.7 Å². The third kappa shape index (κ3) is 7.50. The van der Waals surface area contributed by atoms with Crippen molar-refractivity contribution in [2.24, 2.45) is 0 Å². The minimum absolute atomic E-state index is 0.0156. The molecule has 0 saturated heterocycles. The van der Waals surface area contributed by atoms with Gasteiger partial charge in [0.25, 0.3) is 0 Å². The first-order valence-corrected chi connectivity index (χ1v) is 13.8. The van der Waals surface area contributed by atoms with E-state index in [0.717, 1.165) is 35.4 Å². The van der Waals surface area contributed by atoms with Crippen molar-refractivity contribution in [1.82, 2.24) is 14.4 Å². The molecule has 1 aromatic heterocycles. The number of benzene rings is 2. The van der Waals surface area contributed by atoms with Crippen LogP contribution in [0.2, 0.25) is 0 Å². The molecule has 0 N–H and O–H groups in total. The lowest BCUT2D eigenvalue weighted by Crippen LogP contribution is -2.47. The van der Waals surface area contributed by atoms with E-state index in [-0.39, 0.29) is 30.3 Å². The number of methoxy groups -OCH3 is 1. The van der Waals surface area contributed by atoms with Gasteiger partial charge in [-0.2, -0.15) is 0 Å². The monoisotopic (exact) mass is 517 g/mol. The summed E-state index contributed by atoms with van der Waals surface area (Å²) in [5, 5.41) is 0. The number of rotatable bonds is 14. The molecule has 38 heavy (non-hydrogen) atoms. The van der Waals surface area contributed by atoms with Gasteiger partial charge in [0.1, 0.15) is 5.75 Å². The van der Waals surface area contributed by atoms with Crippen molar-refractivity contribution in [3.63, 3.8) is 0 Å². The Labute approximate surface area is 228 Å². The molecule has 0 aliphatic rings. The zero-order chi connectivity index (χ0) is 27.5. The number of hydrogen-bond acceptors (Lipinski definition) is 3. The summed E-state index contributed by atoms with van der Waals surface area (Å²) in [5.41, 5.74) is 3.20. The Kier molecular flexibility index (Phi) is 11.0. The predicted molar refractivity (Wildman–Crippen MR) is 153 cm³/mol. The zero-order valence-electron chi connectivity index (χ0n) is 23.6. The van der Waals surface area contributed by atoms with Gasteiger partial charge in [0.05, 0.1) is 26.1 Å². The van der Waals surface area contributed by atoms with Crippen LogP contribution < -0.4 is 4.74 Å². The van der Waals surface area contributed by atoms with E-state index in [2.05, 4.69) is 30.5 Å². The Bertz CT molecular complexity index is 1160. The Morgan fingerprint density at radius 3 is 2.37 bits per heavy atom. The third-order valence-corrected chi connectivity index (χ3v) is 7.23. The van der Waals surface area contributed by atoms with Crippen LogP contribution in [0, 0.1) is 0 Å². The normalized spacial score (nSPS) is 12.6. The van der Waals surface area contributed by atoms with E-state index in [4.69, 9.17) is 4.74 Å². The molecule has 0 saturated carbocycles. The molecule has 3 aromatic rings. The predicted octanol–water partition coefficient (Wildman–Crippen LogP) is 6.10. The average molecular weight is 518 g/mol. The maximum Gasteiger partial charge on any atom is 0.242 e. The molecule has 0 fully saturated rings. The number of carbonyl (C=O) groups is 2. The summed E-state index contributed by atoms with van der Waals surface area (Å²) in [6, 6.07) is 22.1. The average Bonchev–Trinajstić information content (AvgIpc) is 3.38. The van der Waals surface area contributed by atoms with Crippen LogP contribution in [0.15, 0.2) is 72.9 Å². The Morgan fingerprint density at radius 1 is 0.947 bits per heavy atom. The molecule has 0 spiro atoms. The fraction of sp³-hybridized carbons (Fsp3) is 0.438. The van der Waals surface area contributed by atoms with Crippen LogP contribution in [0.1, 0.15) is 69.7 Å². The van der Waals surface area contributed by atoms with Gasteiger partial charge >= 0.3 is 0 Å². The molecular weight excluding hydrogens is 474 g/mol. The fourth-order valence-electron chi connectivity index (χ4n) is 4.85. The van der Waals surface area contributed by atoms with Gasteiger partial charge < -0.3 is 19.1 Å². The van der Waals surface area contributed by atoms with Crippen LogP contribution in [0.4, 0.5) is 0 Å². The van der Waals surface area contributed by atoms with E-state index in [1.807, 2.05) is 79.5 Å². The van der Waals surface area contributed by atoms with Crippen molar-refractivity contribution in [2.75, 3.05) is 20.2 Å². The molecule has 2 amide bonds. The minimum atomic E-state index is -0.243. The highest BCUT2D eigenvalue weighted by molar-refractivity contribution is 5.88. The van der Waals surface area contributed by atoms with Crippen molar-refractivity contribution in [2.45, 2.75) is 72.0 Å². The molecule has 0 bridgehead atoms. The van der Waals surface area contributed by atoms with Gasteiger partial charge in [0.15, 0.2) is 0 Å². The molecule has 1 heterocycles. The Morgan fingerprint density at radius 2 is 1.71 bits per heavy atom. The summed E-state index contributed by atoms with van der Waals surface area (Å²) in [5.74, 6) is 0.597. The van der Waals surface area contributed by atoms with Gasteiger partial charge in [-0.15, -0.1) is 0 Å². The highest BCUT2D eigenvalue weighted by Gasteiger charge is 2.28. The molecule has 6 nitrogen and oxygen atoms in total. The van der Waals surface area contributed by atoms with Crippen LogP contribution in [0.3, 0.4) is 0 Å². The van der Waals surface area contributed by atoms with Gasteiger partial charge in [-0.1, -0.05) is 63.2 Å². The van der Waals surface area contributed by atoms with Gasteiger partial charge in [-0.3, -0.25) is 9.59 Å². The van der Waals surface area contributed by atoms with Crippen molar-refractivity contribution >= 4 is 11.8 Å². The largest absolute Gasteiger partial charge is 0.497 e. The molecule has 0 aliphatic heterocycles. The van der Waals surface area contributed by atoms with Gasteiger partial charge in [0.2, 0.25) is 11.8 Å². The summed E-state index contributed by atoms with van der Waals surface area (Å²) in [7, 11) is 1.67. The highest BCUT2D eigenvalue weighted by Crippen LogP contribution is 2.23. The SMILES string of the molecule is CCCN(CC(=O)N(Cc1cccn1Cc1cccc(OC)c1)C(C)CC)C(=O)C(CC)c1ccccc1. The maximum atomic E-state index is 13.8. The molecular formula is C32H43N3O3. The summed E-state index contributed by atoms with van der Waals surface area (Å²) < 4.78 is 7.56. The Balaban J connectivity index is 1.78. The Hall–Kier alpha value is -3.54. The van der Waals surface area contributed by atoms with E-state index < -0.39 is 0 Å². The summed E-state index contributed by atoms with van der Waals surface area (Å²) >= 11 is 0. The summed E-state index contributed by atoms with van der Waals surface area (Å²) in [6.45, 7) is 10.1. The second kappa shape index (κ2) is 14.4. The van der Waals surface area contributed by atoms with E-state index in [9.17, 15) is 9.59 Å². The number of ether oxygens (including phenoxy) is 1. The number of amides is 2. The number of carbonyl (C=O) groups excluding carboxylic acids is 2. The summed E-state index contributed by atoms with van der Waals surface area (Å²) in [6.07, 6.45) is 4.39. The lowest BCUT2D eigenvalue weighted by Gasteiger charge is -2.33. The first-order chi connectivity index (χ1) is 18.4. The quantitative estimate of drug-likeness (QED) is 0.259. The third-order valence-electron chi connectivity index (χ3n) is 7.23. The number of nitrogens with zero attached hydrogens (tertiary/aromatic N) is 3. The van der Waals surface area contributed by atoms with Crippen molar-refractivity contribution in [3.8, 4) is 5.75 Å². The molecule has 2 aromatic carbocycles. The van der Waals surface area contributed by atoms with Gasteiger partial charge in [-0.05, 0) is 61.6 Å². The maximum absolute atomic E-state index is 13.8. The van der Waals surface area contributed by atoms with E-state index in [0.29, 0.717) is 26.1 Å². The van der Waals surface area contributed by atoms with Gasteiger partial charge in [0, 0.05) is 31.0 Å². The molecule has 6 heteroatoms. The second-order valence-electron chi connectivity index (χ2n) is 9.89. The second-order valence-corrected chi connectivity index (χ2v) is 9.89. The van der Waals surface area contributed by atoms with Crippen LogP contribution in [0.25, 0.3) is 0 Å². The lowest BCUT2D eigenvalue weighted by molar-refractivity contribution is -0.143. The topological polar surface area (TPSA) is 54.8 Å². The number of hydrogen-bond donors (Lipinski definition) is 0. The lowest BCUT2D eigenvalue weighted by atomic mass is 9.95. The molecule has 2 unspecified atom stereocenters. The minimum Gasteiger partial charge on any atom is -0.497 e.